The minimum atomic E-state index is 0.153. The van der Waals surface area contributed by atoms with Gasteiger partial charge in [0.05, 0.1) is 12.6 Å². The van der Waals surface area contributed by atoms with Crippen molar-refractivity contribution < 1.29 is 0 Å². The Hall–Kier alpha value is -0.970. The third-order valence-electron chi connectivity index (χ3n) is 3.06. The van der Waals surface area contributed by atoms with Gasteiger partial charge in [-0.3, -0.25) is 0 Å². The molecule has 0 aromatic carbocycles. The zero-order valence-corrected chi connectivity index (χ0v) is 9.69. The molecule has 1 aromatic rings. The van der Waals surface area contributed by atoms with E-state index in [0.29, 0.717) is 6.04 Å². The van der Waals surface area contributed by atoms with Crippen molar-refractivity contribution in [2.45, 2.75) is 58.2 Å². The lowest BCUT2D eigenvalue weighted by Crippen LogP contribution is -2.38. The Morgan fingerprint density at radius 2 is 2.20 bits per heavy atom. The molecule has 1 aliphatic carbocycles. The molecule has 0 bridgehead atoms. The molecule has 1 aromatic heterocycles. The molecule has 1 aliphatic rings. The number of hydrogen-bond acceptors (Lipinski definition) is 4. The van der Waals surface area contributed by atoms with E-state index in [-0.39, 0.29) is 5.54 Å². The van der Waals surface area contributed by atoms with Crippen LogP contribution in [-0.4, -0.2) is 25.7 Å². The second-order valence-corrected chi connectivity index (χ2v) is 4.86. The van der Waals surface area contributed by atoms with E-state index in [4.69, 9.17) is 0 Å². The summed E-state index contributed by atoms with van der Waals surface area (Å²) >= 11 is 0. The molecule has 0 spiro atoms. The monoisotopic (exact) mass is 209 g/mol. The van der Waals surface area contributed by atoms with Gasteiger partial charge in [0.2, 0.25) is 0 Å². The van der Waals surface area contributed by atoms with Crippen LogP contribution in [-0.2, 0) is 6.54 Å². The second-order valence-electron chi connectivity index (χ2n) is 4.86. The average molecular weight is 209 g/mol. The highest BCUT2D eigenvalue weighted by atomic mass is 15.6. The Balaban J connectivity index is 1.95. The van der Waals surface area contributed by atoms with Gasteiger partial charge in [-0.15, -0.1) is 5.10 Å². The molecule has 84 valence electrons. The van der Waals surface area contributed by atoms with E-state index in [1.54, 1.807) is 0 Å². The topological polar surface area (TPSA) is 55.6 Å². The zero-order valence-electron chi connectivity index (χ0n) is 9.69. The summed E-state index contributed by atoms with van der Waals surface area (Å²) in [5.41, 5.74) is 0.153. The van der Waals surface area contributed by atoms with Gasteiger partial charge in [-0.1, -0.05) is 6.92 Å². The van der Waals surface area contributed by atoms with E-state index in [9.17, 15) is 0 Å². The molecule has 15 heavy (non-hydrogen) atoms. The molecular formula is C10H19N5. The van der Waals surface area contributed by atoms with Gasteiger partial charge in [0.15, 0.2) is 5.82 Å². The van der Waals surface area contributed by atoms with E-state index >= 15 is 0 Å². The minimum Gasteiger partial charge on any atom is -0.305 e. The number of nitrogens with one attached hydrogen (secondary N) is 1. The Morgan fingerprint density at radius 1 is 1.47 bits per heavy atom. The van der Waals surface area contributed by atoms with Crippen LogP contribution in [0.15, 0.2) is 0 Å². The van der Waals surface area contributed by atoms with E-state index in [1.165, 1.54) is 12.8 Å². The molecule has 1 fully saturated rings. The molecule has 2 rings (SSSR count). The number of hydrogen-bond donors (Lipinski definition) is 1. The van der Waals surface area contributed by atoms with Gasteiger partial charge in [0.25, 0.3) is 0 Å². The van der Waals surface area contributed by atoms with Crippen LogP contribution in [0.5, 0.6) is 0 Å². The van der Waals surface area contributed by atoms with Crippen LogP contribution in [0.4, 0.5) is 0 Å². The standard InChI is InChI=1S/C10H19N5/c1-4-10(2,3)11-7-9-12-13-14-15(9)8-5-6-8/h8,11H,4-7H2,1-3H3. The van der Waals surface area contributed by atoms with E-state index in [0.717, 1.165) is 18.8 Å². The van der Waals surface area contributed by atoms with Gasteiger partial charge in [-0.05, 0) is 43.5 Å². The van der Waals surface area contributed by atoms with E-state index < -0.39 is 0 Å². The molecule has 1 saturated carbocycles. The first-order valence-electron chi connectivity index (χ1n) is 5.64. The van der Waals surface area contributed by atoms with Gasteiger partial charge in [-0.2, -0.15) is 0 Å². The van der Waals surface area contributed by atoms with E-state index in [1.807, 2.05) is 4.68 Å². The molecule has 1 N–H and O–H groups in total. The van der Waals surface area contributed by atoms with Crippen LogP contribution < -0.4 is 5.32 Å². The molecule has 5 heteroatoms. The van der Waals surface area contributed by atoms with Crippen molar-refractivity contribution in [1.29, 1.82) is 0 Å². The van der Waals surface area contributed by atoms with Gasteiger partial charge in [-0.25, -0.2) is 4.68 Å². The highest BCUT2D eigenvalue weighted by molar-refractivity contribution is 4.91. The highest BCUT2D eigenvalue weighted by Crippen LogP contribution is 2.34. The number of aromatic nitrogens is 4. The molecule has 0 unspecified atom stereocenters. The van der Waals surface area contributed by atoms with Gasteiger partial charge in [0.1, 0.15) is 0 Å². The predicted octanol–water partition coefficient (Wildman–Crippen LogP) is 1.29. The molecule has 1 heterocycles. The smallest absolute Gasteiger partial charge is 0.165 e. The molecular weight excluding hydrogens is 190 g/mol. The number of tetrazole rings is 1. The lowest BCUT2D eigenvalue weighted by atomic mass is 10.0. The van der Waals surface area contributed by atoms with Crippen LogP contribution in [0, 0.1) is 0 Å². The molecule has 0 saturated heterocycles. The summed E-state index contributed by atoms with van der Waals surface area (Å²) in [5, 5.41) is 15.3. The Labute approximate surface area is 90.2 Å². The molecule has 0 atom stereocenters. The summed E-state index contributed by atoms with van der Waals surface area (Å²) < 4.78 is 1.96. The summed E-state index contributed by atoms with van der Waals surface area (Å²) in [7, 11) is 0. The summed E-state index contributed by atoms with van der Waals surface area (Å²) in [6.45, 7) is 7.32. The molecule has 0 radical (unpaired) electrons. The fraction of sp³-hybridized carbons (Fsp3) is 0.900. The maximum absolute atomic E-state index is 4.05. The van der Waals surface area contributed by atoms with Crippen LogP contribution in [0.2, 0.25) is 0 Å². The molecule has 5 nitrogen and oxygen atoms in total. The first-order chi connectivity index (χ1) is 7.12. The van der Waals surface area contributed by atoms with Crippen LogP contribution in [0.25, 0.3) is 0 Å². The maximum atomic E-state index is 4.05. The SMILES string of the molecule is CCC(C)(C)NCc1nnnn1C1CC1. The summed E-state index contributed by atoms with van der Waals surface area (Å²) in [4.78, 5) is 0. The minimum absolute atomic E-state index is 0.153. The fourth-order valence-corrected chi connectivity index (χ4v) is 1.37. The van der Waals surface area contributed by atoms with Crippen molar-refractivity contribution >= 4 is 0 Å². The summed E-state index contributed by atoms with van der Waals surface area (Å²) in [6, 6.07) is 0.557. The van der Waals surface area contributed by atoms with Crippen LogP contribution >= 0.6 is 0 Å². The maximum Gasteiger partial charge on any atom is 0.165 e. The third kappa shape index (κ3) is 2.53. The largest absolute Gasteiger partial charge is 0.305 e. The Morgan fingerprint density at radius 3 is 2.80 bits per heavy atom. The van der Waals surface area contributed by atoms with Crippen molar-refractivity contribution in [3.63, 3.8) is 0 Å². The summed E-state index contributed by atoms with van der Waals surface area (Å²) in [5.74, 6) is 0.957. The number of nitrogens with zero attached hydrogens (tertiary/aromatic N) is 4. The molecule has 0 amide bonds. The molecule has 0 aliphatic heterocycles. The normalized spacial score (nSPS) is 17.0. The lowest BCUT2D eigenvalue weighted by molar-refractivity contribution is 0.364. The Kier molecular flexibility index (Phi) is 2.73. The average Bonchev–Trinajstić information content (AvgIpc) is 2.95. The number of rotatable bonds is 5. The lowest BCUT2D eigenvalue weighted by Gasteiger charge is -2.24. The second kappa shape index (κ2) is 3.89. The van der Waals surface area contributed by atoms with Crippen molar-refractivity contribution in [2.24, 2.45) is 0 Å². The van der Waals surface area contributed by atoms with Crippen molar-refractivity contribution in [2.75, 3.05) is 0 Å². The van der Waals surface area contributed by atoms with Gasteiger partial charge in [0, 0.05) is 5.54 Å². The first kappa shape index (κ1) is 10.5. The first-order valence-corrected chi connectivity index (χ1v) is 5.64. The van der Waals surface area contributed by atoms with Crippen LogP contribution in [0.1, 0.15) is 51.9 Å². The van der Waals surface area contributed by atoms with Gasteiger partial charge >= 0.3 is 0 Å². The fourth-order valence-electron chi connectivity index (χ4n) is 1.37. The quantitative estimate of drug-likeness (QED) is 0.794. The Bertz CT molecular complexity index is 326. The van der Waals surface area contributed by atoms with Crippen molar-refractivity contribution in [3.05, 3.63) is 5.82 Å². The zero-order chi connectivity index (χ0) is 10.9. The van der Waals surface area contributed by atoms with E-state index in [2.05, 4.69) is 41.6 Å². The van der Waals surface area contributed by atoms with Crippen molar-refractivity contribution in [1.82, 2.24) is 25.5 Å². The van der Waals surface area contributed by atoms with Crippen molar-refractivity contribution in [3.8, 4) is 0 Å². The van der Waals surface area contributed by atoms with Gasteiger partial charge < -0.3 is 5.32 Å². The summed E-state index contributed by atoms with van der Waals surface area (Å²) in [6.07, 6.45) is 3.53. The third-order valence-corrected chi connectivity index (χ3v) is 3.06. The highest BCUT2D eigenvalue weighted by Gasteiger charge is 2.28. The van der Waals surface area contributed by atoms with Crippen LogP contribution in [0.3, 0.4) is 0 Å². The predicted molar refractivity (Wildman–Crippen MR) is 57.3 cm³/mol.